The molecule has 0 heterocycles. The number of allylic oxidation sites excluding steroid dienone is 24. The highest BCUT2D eigenvalue weighted by Crippen LogP contribution is 2.13. The topological polar surface area (TPSA) is 78.9 Å². The molecule has 0 amide bonds. The Morgan fingerprint density at radius 3 is 0.836 bits per heavy atom. The average Bonchev–Trinajstić information content (AvgIpc) is 3.39. The smallest absolute Gasteiger partial charge is 0.306 e. The summed E-state index contributed by atoms with van der Waals surface area (Å²) in [5.41, 5.74) is 0. The molecular formula is C67H106O6. The van der Waals surface area contributed by atoms with Gasteiger partial charge in [-0.25, -0.2) is 0 Å². The van der Waals surface area contributed by atoms with Crippen LogP contribution in [0.5, 0.6) is 0 Å². The first-order valence-corrected chi connectivity index (χ1v) is 29.3. The Morgan fingerprint density at radius 1 is 0.288 bits per heavy atom. The van der Waals surface area contributed by atoms with Crippen molar-refractivity contribution in [3.05, 3.63) is 146 Å². The van der Waals surface area contributed by atoms with Crippen molar-refractivity contribution in [3.8, 4) is 0 Å². The van der Waals surface area contributed by atoms with Gasteiger partial charge in [-0.2, -0.15) is 0 Å². The molecule has 6 heteroatoms. The molecule has 0 aliphatic carbocycles. The van der Waals surface area contributed by atoms with Gasteiger partial charge in [0.15, 0.2) is 6.10 Å². The second-order valence-electron chi connectivity index (χ2n) is 18.8. The van der Waals surface area contributed by atoms with E-state index in [1.165, 1.54) is 25.7 Å². The minimum Gasteiger partial charge on any atom is -0.462 e. The lowest BCUT2D eigenvalue weighted by Gasteiger charge is -2.18. The second kappa shape index (κ2) is 59.8. The van der Waals surface area contributed by atoms with E-state index < -0.39 is 6.10 Å². The van der Waals surface area contributed by atoms with Crippen LogP contribution in [0.3, 0.4) is 0 Å². The third-order valence-corrected chi connectivity index (χ3v) is 11.8. The Morgan fingerprint density at radius 2 is 0.534 bits per heavy atom. The predicted molar refractivity (Wildman–Crippen MR) is 315 cm³/mol. The van der Waals surface area contributed by atoms with Crippen LogP contribution in [0.4, 0.5) is 0 Å². The maximum absolute atomic E-state index is 12.8. The molecular weight excluding hydrogens is 901 g/mol. The molecule has 0 radical (unpaired) electrons. The fourth-order valence-electron chi connectivity index (χ4n) is 7.51. The van der Waals surface area contributed by atoms with E-state index >= 15 is 0 Å². The zero-order valence-corrected chi connectivity index (χ0v) is 46.8. The number of hydrogen-bond acceptors (Lipinski definition) is 6. The van der Waals surface area contributed by atoms with Crippen LogP contribution >= 0.6 is 0 Å². The minimum atomic E-state index is -0.797. The molecule has 0 aliphatic rings. The van der Waals surface area contributed by atoms with Crippen molar-refractivity contribution in [2.75, 3.05) is 13.2 Å². The van der Waals surface area contributed by atoms with Crippen molar-refractivity contribution in [3.63, 3.8) is 0 Å². The van der Waals surface area contributed by atoms with Crippen LogP contribution in [0.2, 0.25) is 0 Å². The normalized spacial score (nSPS) is 13.2. The third kappa shape index (κ3) is 58.1. The lowest BCUT2D eigenvalue weighted by Crippen LogP contribution is -2.30. The molecule has 1 unspecified atom stereocenters. The summed E-state index contributed by atoms with van der Waals surface area (Å²) in [6.45, 7) is 6.32. The molecule has 0 aromatic rings. The van der Waals surface area contributed by atoms with E-state index in [-0.39, 0.29) is 31.1 Å². The maximum atomic E-state index is 12.8. The average molecular weight is 1010 g/mol. The van der Waals surface area contributed by atoms with Gasteiger partial charge in [0, 0.05) is 19.3 Å². The van der Waals surface area contributed by atoms with E-state index in [0.717, 1.165) is 173 Å². The van der Waals surface area contributed by atoms with Crippen LogP contribution in [-0.4, -0.2) is 37.2 Å². The standard InChI is InChI=1S/C67H106O6/c1-4-7-10-13-16-18-20-22-24-25-26-27-28-29-30-31-32-33-34-35-36-37-38-39-40-41-43-44-46-48-51-54-57-60-66(69)72-63-64(62-71-65(68)59-56-53-50-15-12-9-6-3)73-67(70)61-58-55-52-49-47-45-42-23-21-19-17-14-11-8-5-2/h7-8,10-11,16-19,22-24,26-27,29-30,32-33,35-36,38-39,41-43,64H,4-6,9,12-15,20-21,25,28,31,34,37,40,44-63H2,1-3H3/b10-7-,11-8-,18-16-,19-17-,24-22-,27-26-,30-29-,33-32-,36-35-,39-38-,42-23-,43-41-. The summed E-state index contributed by atoms with van der Waals surface area (Å²) in [6, 6.07) is 0. The highest BCUT2D eigenvalue weighted by atomic mass is 16.6. The van der Waals surface area contributed by atoms with E-state index in [9.17, 15) is 14.4 Å². The molecule has 0 aromatic heterocycles. The largest absolute Gasteiger partial charge is 0.462 e. The first-order chi connectivity index (χ1) is 36.0. The summed E-state index contributed by atoms with van der Waals surface area (Å²) in [5.74, 6) is -0.946. The summed E-state index contributed by atoms with van der Waals surface area (Å²) < 4.78 is 16.7. The highest BCUT2D eigenvalue weighted by Gasteiger charge is 2.19. The number of ether oxygens (including phenoxy) is 3. The van der Waals surface area contributed by atoms with E-state index in [0.29, 0.717) is 19.3 Å². The van der Waals surface area contributed by atoms with E-state index in [1.54, 1.807) is 0 Å². The molecule has 0 aromatic carbocycles. The van der Waals surface area contributed by atoms with Gasteiger partial charge in [-0.15, -0.1) is 0 Å². The summed E-state index contributed by atoms with van der Waals surface area (Å²) >= 11 is 0. The van der Waals surface area contributed by atoms with Gasteiger partial charge in [-0.1, -0.05) is 244 Å². The van der Waals surface area contributed by atoms with E-state index in [4.69, 9.17) is 14.2 Å². The molecule has 0 N–H and O–H groups in total. The lowest BCUT2D eigenvalue weighted by molar-refractivity contribution is -0.167. The zero-order chi connectivity index (χ0) is 52.9. The van der Waals surface area contributed by atoms with Gasteiger partial charge in [0.1, 0.15) is 13.2 Å². The van der Waals surface area contributed by atoms with Gasteiger partial charge >= 0.3 is 17.9 Å². The molecule has 0 bridgehead atoms. The van der Waals surface area contributed by atoms with Crippen LogP contribution in [0, 0.1) is 0 Å². The molecule has 1 atom stereocenters. The van der Waals surface area contributed by atoms with Crippen molar-refractivity contribution in [2.45, 2.75) is 245 Å². The molecule has 0 fully saturated rings. The van der Waals surface area contributed by atoms with Gasteiger partial charge in [-0.3, -0.25) is 14.4 Å². The first-order valence-electron chi connectivity index (χ1n) is 29.3. The van der Waals surface area contributed by atoms with Crippen LogP contribution in [0.25, 0.3) is 0 Å². The Hall–Kier alpha value is -4.71. The summed E-state index contributed by atoms with van der Waals surface area (Å²) in [7, 11) is 0. The molecule has 0 saturated carbocycles. The second-order valence-corrected chi connectivity index (χ2v) is 18.8. The van der Waals surface area contributed by atoms with Gasteiger partial charge in [0.05, 0.1) is 0 Å². The number of hydrogen-bond donors (Lipinski definition) is 0. The van der Waals surface area contributed by atoms with Crippen LogP contribution < -0.4 is 0 Å². The molecule has 0 spiro atoms. The number of unbranched alkanes of at least 4 members (excludes halogenated alkanes) is 16. The number of rotatable bonds is 51. The Kier molecular flexibility index (Phi) is 56.0. The van der Waals surface area contributed by atoms with Crippen molar-refractivity contribution in [2.24, 2.45) is 0 Å². The molecule has 410 valence electrons. The van der Waals surface area contributed by atoms with E-state index in [2.05, 4.69) is 167 Å². The fourth-order valence-corrected chi connectivity index (χ4v) is 7.51. The van der Waals surface area contributed by atoms with Gasteiger partial charge in [0.2, 0.25) is 0 Å². The lowest BCUT2D eigenvalue weighted by atomic mass is 10.1. The monoisotopic (exact) mass is 1010 g/mol. The van der Waals surface area contributed by atoms with Crippen molar-refractivity contribution >= 4 is 17.9 Å². The number of esters is 3. The highest BCUT2D eigenvalue weighted by molar-refractivity contribution is 5.71. The van der Waals surface area contributed by atoms with Gasteiger partial charge in [-0.05, 0) is 122 Å². The quantitative estimate of drug-likeness (QED) is 0.0261. The molecule has 0 aliphatic heterocycles. The van der Waals surface area contributed by atoms with Crippen LogP contribution in [0.15, 0.2) is 146 Å². The molecule has 73 heavy (non-hydrogen) atoms. The fraction of sp³-hybridized carbons (Fsp3) is 0.597. The first kappa shape index (κ1) is 68.3. The molecule has 0 saturated heterocycles. The third-order valence-electron chi connectivity index (χ3n) is 11.8. The van der Waals surface area contributed by atoms with Crippen molar-refractivity contribution < 1.29 is 28.6 Å². The zero-order valence-electron chi connectivity index (χ0n) is 46.8. The van der Waals surface area contributed by atoms with Crippen LogP contribution in [-0.2, 0) is 28.6 Å². The predicted octanol–water partition coefficient (Wildman–Crippen LogP) is 20.0. The summed E-state index contributed by atoms with van der Waals surface area (Å²) in [4.78, 5) is 37.9. The Balaban J connectivity index is 4.22. The van der Waals surface area contributed by atoms with Crippen molar-refractivity contribution in [1.29, 1.82) is 0 Å². The maximum Gasteiger partial charge on any atom is 0.306 e. The van der Waals surface area contributed by atoms with Crippen LogP contribution in [0.1, 0.15) is 239 Å². The summed E-state index contributed by atoms with van der Waals surface area (Å²) in [5, 5.41) is 0. The summed E-state index contributed by atoms with van der Waals surface area (Å²) in [6.07, 6.45) is 85.8. The minimum absolute atomic E-state index is 0.0953. The SMILES string of the molecule is CC/C=C\C/C=C\C/C=C\C/C=C\C/C=C\C/C=C\C/C=C\C/C=C\C/C=C\CCCCCCCC(=O)OCC(COC(=O)CCCCCCCCC)OC(=O)CCCCCCC/C=C\C/C=C\C/C=C\CC. The number of carbonyl (C=O) groups excluding carboxylic acids is 3. The Labute approximate surface area is 448 Å². The van der Waals surface area contributed by atoms with E-state index in [1.807, 2.05) is 0 Å². The van der Waals surface area contributed by atoms with Crippen molar-refractivity contribution in [1.82, 2.24) is 0 Å². The van der Waals surface area contributed by atoms with Gasteiger partial charge < -0.3 is 14.2 Å². The molecule has 0 rings (SSSR count). The van der Waals surface area contributed by atoms with Gasteiger partial charge in [0.25, 0.3) is 0 Å². The Bertz CT molecular complexity index is 1630. The number of carbonyl (C=O) groups is 3. The molecule has 6 nitrogen and oxygen atoms in total.